The fourth-order valence-electron chi connectivity index (χ4n) is 3.03. The highest BCUT2D eigenvalue weighted by atomic mass is 16.5. The Bertz CT molecular complexity index is 808. The summed E-state index contributed by atoms with van der Waals surface area (Å²) >= 11 is 0. The molecule has 4 heteroatoms. The topological polar surface area (TPSA) is 47.3 Å². The molecule has 2 aromatic carbocycles. The normalized spacial score (nSPS) is 12.4. The van der Waals surface area contributed by atoms with Crippen molar-refractivity contribution < 1.29 is 9.84 Å². The van der Waals surface area contributed by atoms with Crippen LogP contribution in [0.2, 0.25) is 0 Å². The first-order valence-electron chi connectivity index (χ1n) is 9.01. The SMILES string of the molecule is CCC[C@H](O)c1nc2ccccc2n1CCCOc1ccc(C)cc1. The molecule has 0 bridgehead atoms. The van der Waals surface area contributed by atoms with E-state index in [1.54, 1.807) is 0 Å². The fourth-order valence-corrected chi connectivity index (χ4v) is 3.03. The largest absolute Gasteiger partial charge is 0.494 e. The smallest absolute Gasteiger partial charge is 0.138 e. The van der Waals surface area contributed by atoms with E-state index in [0.29, 0.717) is 6.61 Å². The molecular weight excluding hydrogens is 312 g/mol. The third-order valence-corrected chi connectivity index (χ3v) is 4.36. The van der Waals surface area contributed by atoms with Gasteiger partial charge in [-0.15, -0.1) is 0 Å². The molecule has 0 unspecified atom stereocenters. The van der Waals surface area contributed by atoms with Gasteiger partial charge in [0.25, 0.3) is 0 Å². The van der Waals surface area contributed by atoms with Gasteiger partial charge in [-0.05, 0) is 44.0 Å². The van der Waals surface area contributed by atoms with Gasteiger partial charge in [0.1, 0.15) is 17.7 Å². The van der Waals surface area contributed by atoms with Crippen LogP contribution >= 0.6 is 0 Å². The lowest BCUT2D eigenvalue weighted by atomic mass is 10.2. The van der Waals surface area contributed by atoms with Crippen molar-refractivity contribution in [1.82, 2.24) is 9.55 Å². The monoisotopic (exact) mass is 338 g/mol. The highest BCUT2D eigenvalue weighted by Gasteiger charge is 2.17. The number of para-hydroxylation sites is 2. The summed E-state index contributed by atoms with van der Waals surface area (Å²) in [5.41, 5.74) is 3.24. The molecule has 0 aliphatic carbocycles. The van der Waals surface area contributed by atoms with Crippen LogP contribution in [0, 0.1) is 6.92 Å². The molecule has 0 fully saturated rings. The van der Waals surface area contributed by atoms with E-state index < -0.39 is 6.10 Å². The van der Waals surface area contributed by atoms with E-state index in [1.165, 1.54) is 5.56 Å². The predicted molar refractivity (Wildman–Crippen MR) is 101 cm³/mol. The molecule has 1 aromatic heterocycles. The molecule has 3 aromatic rings. The molecule has 1 N–H and O–H groups in total. The second-order valence-corrected chi connectivity index (χ2v) is 6.43. The van der Waals surface area contributed by atoms with Gasteiger partial charge in [-0.25, -0.2) is 4.98 Å². The average molecular weight is 338 g/mol. The predicted octanol–water partition coefficient (Wildman–Crippen LogP) is 4.65. The summed E-state index contributed by atoms with van der Waals surface area (Å²) in [5.74, 6) is 1.66. The molecule has 0 spiro atoms. The molecule has 0 aliphatic heterocycles. The molecule has 0 saturated carbocycles. The molecular formula is C21H26N2O2. The van der Waals surface area contributed by atoms with Gasteiger partial charge in [-0.2, -0.15) is 0 Å². The summed E-state index contributed by atoms with van der Waals surface area (Å²) in [5, 5.41) is 10.4. The first-order valence-corrected chi connectivity index (χ1v) is 9.01. The van der Waals surface area contributed by atoms with Crippen LogP contribution in [0.3, 0.4) is 0 Å². The van der Waals surface area contributed by atoms with Gasteiger partial charge in [0, 0.05) is 6.54 Å². The summed E-state index contributed by atoms with van der Waals surface area (Å²) < 4.78 is 7.96. The summed E-state index contributed by atoms with van der Waals surface area (Å²) in [7, 11) is 0. The standard InChI is InChI=1S/C21H26N2O2/c1-3-7-20(24)21-22-18-8-4-5-9-19(18)23(21)14-6-15-25-17-12-10-16(2)11-13-17/h4-5,8-13,20,24H,3,6-7,14-15H2,1-2H3/t20-/m0/s1. The number of hydrogen-bond acceptors (Lipinski definition) is 3. The maximum Gasteiger partial charge on any atom is 0.138 e. The molecule has 1 atom stereocenters. The van der Waals surface area contributed by atoms with Crippen LogP contribution in [-0.4, -0.2) is 21.3 Å². The van der Waals surface area contributed by atoms with Crippen LogP contribution in [0.25, 0.3) is 11.0 Å². The van der Waals surface area contributed by atoms with Gasteiger partial charge in [-0.1, -0.05) is 43.2 Å². The summed E-state index contributed by atoms with van der Waals surface area (Å²) in [6, 6.07) is 16.2. The number of rotatable bonds is 8. The quantitative estimate of drug-likeness (QED) is 0.608. The molecule has 0 saturated heterocycles. The molecule has 132 valence electrons. The molecule has 0 amide bonds. The first kappa shape index (κ1) is 17.5. The van der Waals surface area contributed by atoms with Crippen LogP contribution < -0.4 is 4.74 Å². The number of ether oxygens (including phenoxy) is 1. The number of fused-ring (bicyclic) bond motifs is 1. The van der Waals surface area contributed by atoms with Crippen LogP contribution in [-0.2, 0) is 6.54 Å². The number of hydrogen-bond donors (Lipinski definition) is 1. The van der Waals surface area contributed by atoms with Gasteiger partial charge in [0.05, 0.1) is 17.6 Å². The van der Waals surface area contributed by atoms with Crippen LogP contribution in [0.5, 0.6) is 5.75 Å². The maximum absolute atomic E-state index is 10.4. The molecule has 0 aliphatic rings. The second-order valence-electron chi connectivity index (χ2n) is 6.43. The lowest BCUT2D eigenvalue weighted by molar-refractivity contribution is 0.152. The minimum atomic E-state index is -0.518. The van der Waals surface area contributed by atoms with Crippen molar-refractivity contribution in [2.45, 2.75) is 45.8 Å². The van der Waals surface area contributed by atoms with Crippen LogP contribution in [0.1, 0.15) is 43.7 Å². The summed E-state index contributed by atoms with van der Waals surface area (Å²) in [6.07, 6.45) is 2.00. The Labute approximate surface area is 149 Å². The van der Waals surface area contributed by atoms with E-state index >= 15 is 0 Å². The first-order chi connectivity index (χ1) is 12.2. The molecule has 4 nitrogen and oxygen atoms in total. The van der Waals surface area contributed by atoms with Crippen molar-refractivity contribution >= 4 is 11.0 Å². The van der Waals surface area contributed by atoms with E-state index in [-0.39, 0.29) is 0 Å². The van der Waals surface area contributed by atoms with Gasteiger partial charge in [0.15, 0.2) is 0 Å². The Balaban J connectivity index is 1.69. The van der Waals surface area contributed by atoms with E-state index in [4.69, 9.17) is 4.74 Å². The Kier molecular flexibility index (Phi) is 5.71. The number of nitrogens with zero attached hydrogens (tertiary/aromatic N) is 2. The number of aryl methyl sites for hydroxylation is 2. The maximum atomic E-state index is 10.4. The Morgan fingerprint density at radius 1 is 1.12 bits per heavy atom. The Morgan fingerprint density at radius 2 is 1.88 bits per heavy atom. The summed E-state index contributed by atoms with van der Waals surface area (Å²) in [4.78, 5) is 4.65. The number of aliphatic hydroxyl groups excluding tert-OH is 1. The van der Waals surface area contributed by atoms with Gasteiger partial charge in [0.2, 0.25) is 0 Å². The van der Waals surface area contributed by atoms with E-state index in [2.05, 4.69) is 41.6 Å². The van der Waals surface area contributed by atoms with Crippen molar-refractivity contribution in [3.8, 4) is 5.75 Å². The number of benzene rings is 2. The molecule has 1 heterocycles. The number of aromatic nitrogens is 2. The number of imidazole rings is 1. The van der Waals surface area contributed by atoms with E-state index in [1.807, 2.05) is 30.3 Å². The lowest BCUT2D eigenvalue weighted by Crippen LogP contribution is -2.11. The zero-order valence-corrected chi connectivity index (χ0v) is 15.0. The zero-order valence-electron chi connectivity index (χ0n) is 15.0. The van der Waals surface area contributed by atoms with Crippen molar-refractivity contribution in [2.75, 3.05) is 6.61 Å². The second kappa shape index (κ2) is 8.17. The average Bonchev–Trinajstić information content (AvgIpc) is 2.99. The van der Waals surface area contributed by atoms with E-state index in [9.17, 15) is 5.11 Å². The van der Waals surface area contributed by atoms with Crippen molar-refractivity contribution in [1.29, 1.82) is 0 Å². The fraction of sp³-hybridized carbons (Fsp3) is 0.381. The molecule has 25 heavy (non-hydrogen) atoms. The Hall–Kier alpha value is -2.33. The zero-order chi connectivity index (χ0) is 17.6. The third kappa shape index (κ3) is 4.20. The van der Waals surface area contributed by atoms with Gasteiger partial charge in [-0.3, -0.25) is 0 Å². The minimum Gasteiger partial charge on any atom is -0.494 e. The van der Waals surface area contributed by atoms with E-state index in [0.717, 1.165) is 48.4 Å². The molecule has 0 radical (unpaired) electrons. The summed E-state index contributed by atoms with van der Waals surface area (Å²) in [6.45, 7) is 5.56. The molecule has 3 rings (SSSR count). The van der Waals surface area contributed by atoms with Crippen LogP contribution in [0.4, 0.5) is 0 Å². The Morgan fingerprint density at radius 3 is 2.64 bits per heavy atom. The minimum absolute atomic E-state index is 0.518. The van der Waals surface area contributed by atoms with Gasteiger partial charge >= 0.3 is 0 Å². The van der Waals surface area contributed by atoms with Crippen molar-refractivity contribution in [2.24, 2.45) is 0 Å². The van der Waals surface area contributed by atoms with Crippen LogP contribution in [0.15, 0.2) is 48.5 Å². The van der Waals surface area contributed by atoms with Crippen molar-refractivity contribution in [3.05, 3.63) is 59.9 Å². The third-order valence-electron chi connectivity index (χ3n) is 4.36. The highest BCUT2D eigenvalue weighted by molar-refractivity contribution is 5.76. The van der Waals surface area contributed by atoms with Crippen molar-refractivity contribution in [3.63, 3.8) is 0 Å². The lowest BCUT2D eigenvalue weighted by Gasteiger charge is -2.14. The number of aliphatic hydroxyl groups is 1. The highest BCUT2D eigenvalue weighted by Crippen LogP contribution is 2.24. The van der Waals surface area contributed by atoms with Gasteiger partial charge < -0.3 is 14.4 Å².